The second kappa shape index (κ2) is 14.7. The average Bonchev–Trinajstić information content (AvgIpc) is 2.65. The molecule has 150 valence electrons. The molecule has 0 saturated heterocycles. The van der Waals surface area contributed by atoms with Gasteiger partial charge in [-0.2, -0.15) is 0 Å². The lowest BCUT2D eigenvalue weighted by atomic mass is 9.98. The van der Waals surface area contributed by atoms with Crippen LogP contribution in [-0.4, -0.2) is 16.3 Å². The SMILES string of the molecule is CC.CC.CCC(C)c1ccc(COS(CC)(C(C)C)C(C)C)cc1. The third-order valence-electron chi connectivity index (χ3n) is 4.65. The van der Waals surface area contributed by atoms with Gasteiger partial charge in [0.25, 0.3) is 0 Å². The summed E-state index contributed by atoms with van der Waals surface area (Å²) in [4.78, 5) is 0. The van der Waals surface area contributed by atoms with E-state index in [9.17, 15) is 0 Å². The van der Waals surface area contributed by atoms with Gasteiger partial charge in [-0.15, -0.1) is 10.3 Å². The van der Waals surface area contributed by atoms with Crippen LogP contribution in [0.25, 0.3) is 0 Å². The molecule has 0 fully saturated rings. The highest BCUT2D eigenvalue weighted by Gasteiger charge is 2.30. The highest BCUT2D eigenvalue weighted by atomic mass is 32.3. The third kappa shape index (κ3) is 8.17. The summed E-state index contributed by atoms with van der Waals surface area (Å²) in [6, 6.07) is 9.01. The quantitative estimate of drug-likeness (QED) is 0.447. The van der Waals surface area contributed by atoms with Gasteiger partial charge in [-0.3, -0.25) is 0 Å². The summed E-state index contributed by atoms with van der Waals surface area (Å²) < 4.78 is 6.50. The molecule has 0 aromatic heterocycles. The Morgan fingerprint density at radius 2 is 1.24 bits per heavy atom. The number of hydrogen-bond donors (Lipinski definition) is 0. The van der Waals surface area contributed by atoms with E-state index in [0.29, 0.717) is 16.4 Å². The van der Waals surface area contributed by atoms with Gasteiger partial charge in [-0.05, 0) is 29.2 Å². The van der Waals surface area contributed by atoms with Crippen molar-refractivity contribution in [1.29, 1.82) is 0 Å². The molecule has 1 aromatic rings. The monoisotopic (exact) mass is 370 g/mol. The maximum Gasteiger partial charge on any atom is 0.0843 e. The predicted octanol–water partition coefficient (Wildman–Crippen LogP) is 8.33. The van der Waals surface area contributed by atoms with Crippen LogP contribution in [0.4, 0.5) is 0 Å². The van der Waals surface area contributed by atoms with Crippen molar-refractivity contribution in [2.45, 2.75) is 106 Å². The van der Waals surface area contributed by atoms with E-state index in [1.807, 2.05) is 27.7 Å². The highest BCUT2D eigenvalue weighted by Crippen LogP contribution is 2.57. The standard InChI is InChI=1S/C19H34OS.2C2H6/c1-8-17(7)19-12-10-18(11-13-19)14-20-21(9-2,15(3)4)16(5)6;2*1-2/h10-13,15-17H,8-9,14H2,1-7H3;2*1-2H3. The summed E-state index contributed by atoms with van der Waals surface area (Å²) in [5.74, 6) is 1.79. The van der Waals surface area contributed by atoms with Crippen LogP contribution in [0.15, 0.2) is 24.3 Å². The first-order chi connectivity index (χ1) is 11.9. The normalized spacial score (nSPS) is 12.8. The second-order valence-corrected chi connectivity index (χ2v) is 10.7. The summed E-state index contributed by atoms with van der Waals surface area (Å²) in [6.07, 6.45) is 1.19. The molecule has 0 spiro atoms. The molecule has 0 heterocycles. The minimum Gasteiger partial charge on any atom is -0.331 e. The molecule has 0 radical (unpaired) electrons. The number of benzene rings is 1. The fourth-order valence-electron chi connectivity index (χ4n) is 2.92. The van der Waals surface area contributed by atoms with Crippen molar-refractivity contribution >= 4 is 10.3 Å². The number of hydrogen-bond acceptors (Lipinski definition) is 1. The maximum atomic E-state index is 6.50. The zero-order chi connectivity index (χ0) is 20.0. The molecule has 1 nitrogen and oxygen atoms in total. The Morgan fingerprint density at radius 1 is 0.800 bits per heavy atom. The van der Waals surface area contributed by atoms with E-state index in [1.54, 1.807) is 0 Å². The molecule has 1 rings (SSSR count). The van der Waals surface area contributed by atoms with E-state index in [2.05, 4.69) is 72.7 Å². The lowest BCUT2D eigenvalue weighted by Gasteiger charge is -2.46. The van der Waals surface area contributed by atoms with E-state index in [4.69, 9.17) is 4.18 Å². The molecule has 1 aromatic carbocycles. The van der Waals surface area contributed by atoms with E-state index < -0.39 is 10.3 Å². The molecule has 25 heavy (non-hydrogen) atoms. The molecule has 0 amide bonds. The Morgan fingerprint density at radius 3 is 1.56 bits per heavy atom. The van der Waals surface area contributed by atoms with Gasteiger partial charge >= 0.3 is 0 Å². The third-order valence-corrected chi connectivity index (χ3v) is 9.30. The first-order valence-electron chi connectivity index (χ1n) is 10.4. The first kappa shape index (κ1) is 26.8. The summed E-state index contributed by atoms with van der Waals surface area (Å²) in [6.45, 7) is 24.8. The van der Waals surface area contributed by atoms with Crippen molar-refractivity contribution in [3.63, 3.8) is 0 Å². The van der Waals surface area contributed by atoms with Crippen LogP contribution in [0.1, 0.15) is 99.6 Å². The van der Waals surface area contributed by atoms with Crippen molar-refractivity contribution < 1.29 is 4.18 Å². The van der Waals surface area contributed by atoms with Crippen molar-refractivity contribution in [1.82, 2.24) is 0 Å². The van der Waals surface area contributed by atoms with Gasteiger partial charge < -0.3 is 4.18 Å². The van der Waals surface area contributed by atoms with Gasteiger partial charge in [0.2, 0.25) is 0 Å². The Bertz CT molecular complexity index is 401. The first-order valence-corrected chi connectivity index (χ1v) is 12.2. The minimum atomic E-state index is -0.997. The predicted molar refractivity (Wildman–Crippen MR) is 121 cm³/mol. The van der Waals surface area contributed by atoms with Crippen molar-refractivity contribution in [2.75, 3.05) is 5.75 Å². The van der Waals surface area contributed by atoms with Crippen LogP contribution in [0, 0.1) is 0 Å². The zero-order valence-corrected chi connectivity index (χ0v) is 19.8. The Kier molecular flexibility index (Phi) is 15.7. The van der Waals surface area contributed by atoms with Crippen molar-refractivity contribution in [3.8, 4) is 0 Å². The Hall–Kier alpha value is -0.470. The van der Waals surface area contributed by atoms with Crippen molar-refractivity contribution in [3.05, 3.63) is 35.4 Å². The summed E-state index contributed by atoms with van der Waals surface area (Å²) >= 11 is 0. The van der Waals surface area contributed by atoms with Gasteiger partial charge in [-0.1, -0.05) is 100 Å². The summed E-state index contributed by atoms with van der Waals surface area (Å²) in [7, 11) is -0.997. The van der Waals surface area contributed by atoms with Gasteiger partial charge in [0.15, 0.2) is 0 Å². The van der Waals surface area contributed by atoms with Crippen LogP contribution in [0.5, 0.6) is 0 Å². The van der Waals surface area contributed by atoms with Gasteiger partial charge in [0.05, 0.1) is 6.61 Å². The van der Waals surface area contributed by atoms with Crippen LogP contribution >= 0.6 is 10.3 Å². The van der Waals surface area contributed by atoms with E-state index in [1.165, 1.54) is 17.5 Å². The lowest BCUT2D eigenvalue weighted by molar-refractivity contribution is 0.337. The van der Waals surface area contributed by atoms with Crippen LogP contribution in [0.3, 0.4) is 0 Å². The summed E-state index contributed by atoms with van der Waals surface area (Å²) in [5, 5.41) is 1.23. The average molecular weight is 371 g/mol. The van der Waals surface area contributed by atoms with E-state index in [-0.39, 0.29) is 0 Å². The van der Waals surface area contributed by atoms with E-state index in [0.717, 1.165) is 12.4 Å². The van der Waals surface area contributed by atoms with Crippen LogP contribution < -0.4 is 0 Å². The molecule has 0 aliphatic rings. The Labute approximate surface area is 161 Å². The van der Waals surface area contributed by atoms with Gasteiger partial charge in [0.1, 0.15) is 0 Å². The fraction of sp³-hybridized carbons (Fsp3) is 0.739. The van der Waals surface area contributed by atoms with E-state index >= 15 is 0 Å². The highest BCUT2D eigenvalue weighted by molar-refractivity contribution is 8.30. The topological polar surface area (TPSA) is 9.23 Å². The van der Waals surface area contributed by atoms with Gasteiger partial charge in [0, 0.05) is 10.5 Å². The largest absolute Gasteiger partial charge is 0.331 e. The molecule has 0 N–H and O–H groups in total. The van der Waals surface area contributed by atoms with Crippen LogP contribution in [-0.2, 0) is 10.8 Å². The fourth-order valence-corrected chi connectivity index (χ4v) is 6.41. The van der Waals surface area contributed by atoms with Gasteiger partial charge in [-0.25, -0.2) is 0 Å². The minimum absolute atomic E-state index is 0.613. The maximum absolute atomic E-state index is 6.50. The zero-order valence-electron chi connectivity index (χ0n) is 19.0. The lowest BCUT2D eigenvalue weighted by Crippen LogP contribution is -2.25. The molecular weight excluding hydrogens is 324 g/mol. The molecule has 0 aliphatic heterocycles. The number of rotatable bonds is 8. The smallest absolute Gasteiger partial charge is 0.0843 e. The van der Waals surface area contributed by atoms with Crippen LogP contribution in [0.2, 0.25) is 0 Å². The Balaban J connectivity index is 0. The molecular formula is C23H46OS. The molecule has 0 bridgehead atoms. The molecule has 0 aliphatic carbocycles. The summed E-state index contributed by atoms with van der Waals surface area (Å²) in [5.41, 5.74) is 2.73. The molecule has 0 saturated carbocycles. The molecule has 1 atom stereocenters. The second-order valence-electron chi connectivity index (χ2n) is 6.48. The molecule has 1 unspecified atom stereocenters. The van der Waals surface area contributed by atoms with Crippen molar-refractivity contribution in [2.24, 2.45) is 0 Å². The molecule has 2 heteroatoms.